The number of hydrogen-bond donors (Lipinski definition) is 1. The minimum atomic E-state index is -0.549. The number of hydrogen-bond acceptors (Lipinski definition) is 4. The van der Waals surface area contributed by atoms with E-state index in [1.807, 2.05) is 32.0 Å². The predicted octanol–water partition coefficient (Wildman–Crippen LogP) is 2.05. The molecule has 0 aliphatic heterocycles. The van der Waals surface area contributed by atoms with Crippen LogP contribution in [0.3, 0.4) is 0 Å². The number of anilines is 1. The first-order chi connectivity index (χ1) is 9.47. The van der Waals surface area contributed by atoms with Crippen LogP contribution in [0.15, 0.2) is 30.6 Å². The van der Waals surface area contributed by atoms with Crippen molar-refractivity contribution >= 4 is 17.3 Å². The van der Waals surface area contributed by atoms with E-state index in [0.29, 0.717) is 0 Å². The molecule has 1 aromatic heterocycles. The number of nitro groups is 1. The number of para-hydroxylation sites is 1. The molecular formula is C13H14N4O3. The average Bonchev–Trinajstić information content (AvgIpc) is 2.82. The highest BCUT2D eigenvalue weighted by Crippen LogP contribution is 2.19. The van der Waals surface area contributed by atoms with Gasteiger partial charge in [-0.25, -0.2) is 0 Å². The van der Waals surface area contributed by atoms with E-state index < -0.39 is 4.92 Å². The van der Waals surface area contributed by atoms with Crippen LogP contribution in [0.2, 0.25) is 0 Å². The van der Waals surface area contributed by atoms with Gasteiger partial charge in [0, 0.05) is 5.69 Å². The summed E-state index contributed by atoms with van der Waals surface area (Å²) in [4.78, 5) is 21.9. The highest BCUT2D eigenvalue weighted by atomic mass is 16.6. The molecule has 1 aromatic carbocycles. The van der Waals surface area contributed by atoms with E-state index in [-0.39, 0.29) is 18.1 Å². The van der Waals surface area contributed by atoms with E-state index in [2.05, 4.69) is 10.4 Å². The fourth-order valence-corrected chi connectivity index (χ4v) is 1.87. The van der Waals surface area contributed by atoms with Gasteiger partial charge in [-0.3, -0.25) is 19.6 Å². The van der Waals surface area contributed by atoms with Gasteiger partial charge in [0.05, 0.1) is 4.92 Å². The molecule has 0 aliphatic rings. The molecule has 1 heterocycles. The summed E-state index contributed by atoms with van der Waals surface area (Å²) < 4.78 is 1.24. The number of nitrogens with one attached hydrogen (secondary N) is 1. The van der Waals surface area contributed by atoms with Crippen LogP contribution >= 0.6 is 0 Å². The van der Waals surface area contributed by atoms with Crippen LogP contribution in [0.25, 0.3) is 0 Å². The lowest BCUT2D eigenvalue weighted by molar-refractivity contribution is -0.385. The molecule has 0 aliphatic carbocycles. The average molecular weight is 274 g/mol. The summed E-state index contributed by atoms with van der Waals surface area (Å²) in [7, 11) is 0. The van der Waals surface area contributed by atoms with Crippen molar-refractivity contribution in [3.63, 3.8) is 0 Å². The van der Waals surface area contributed by atoms with Crippen LogP contribution in [0.5, 0.6) is 0 Å². The monoisotopic (exact) mass is 274 g/mol. The van der Waals surface area contributed by atoms with Gasteiger partial charge in [0.1, 0.15) is 18.9 Å². The molecule has 2 rings (SSSR count). The third kappa shape index (κ3) is 3.00. The van der Waals surface area contributed by atoms with E-state index >= 15 is 0 Å². The molecule has 0 bridgehead atoms. The van der Waals surface area contributed by atoms with Crippen molar-refractivity contribution in [2.45, 2.75) is 20.4 Å². The van der Waals surface area contributed by atoms with E-state index in [4.69, 9.17) is 0 Å². The molecule has 0 radical (unpaired) electrons. The molecule has 7 heteroatoms. The number of amides is 1. The van der Waals surface area contributed by atoms with Gasteiger partial charge in [-0.1, -0.05) is 18.2 Å². The van der Waals surface area contributed by atoms with Crippen LogP contribution in [-0.4, -0.2) is 20.6 Å². The summed E-state index contributed by atoms with van der Waals surface area (Å²) in [6, 6.07) is 5.72. The van der Waals surface area contributed by atoms with Gasteiger partial charge in [-0.05, 0) is 25.0 Å². The van der Waals surface area contributed by atoms with Gasteiger partial charge >= 0.3 is 5.69 Å². The normalized spacial score (nSPS) is 10.3. The zero-order chi connectivity index (χ0) is 14.7. The Kier molecular flexibility index (Phi) is 3.79. The molecule has 1 N–H and O–H groups in total. The Labute approximate surface area is 115 Å². The number of rotatable bonds is 4. The first kappa shape index (κ1) is 13.7. The largest absolute Gasteiger partial charge is 0.324 e. The fraction of sp³-hybridized carbons (Fsp3) is 0.231. The Morgan fingerprint density at radius 2 is 2.05 bits per heavy atom. The van der Waals surface area contributed by atoms with Crippen molar-refractivity contribution in [2.75, 3.05) is 5.32 Å². The van der Waals surface area contributed by atoms with Crippen LogP contribution in [0.4, 0.5) is 11.4 Å². The van der Waals surface area contributed by atoms with Crippen LogP contribution < -0.4 is 5.32 Å². The van der Waals surface area contributed by atoms with Crippen molar-refractivity contribution < 1.29 is 9.72 Å². The lowest BCUT2D eigenvalue weighted by Gasteiger charge is -2.11. The number of carbonyl (C=O) groups is 1. The Morgan fingerprint density at radius 3 is 2.60 bits per heavy atom. The number of benzene rings is 1. The number of aryl methyl sites for hydroxylation is 2. The van der Waals surface area contributed by atoms with Gasteiger partial charge in [0.2, 0.25) is 5.91 Å². The second-order valence-corrected chi connectivity index (χ2v) is 4.47. The van der Waals surface area contributed by atoms with Gasteiger partial charge in [0.25, 0.3) is 0 Å². The molecule has 20 heavy (non-hydrogen) atoms. The molecule has 0 unspecified atom stereocenters. The molecule has 0 atom stereocenters. The molecular weight excluding hydrogens is 260 g/mol. The molecule has 7 nitrogen and oxygen atoms in total. The first-order valence-corrected chi connectivity index (χ1v) is 6.00. The number of carbonyl (C=O) groups excluding carboxylic acids is 1. The molecule has 1 amide bonds. The maximum Gasteiger partial charge on any atom is 0.307 e. The standard InChI is InChI=1S/C13H14N4O3/c1-9-4-3-5-10(2)13(9)15-12(18)8-16-7-11(6-14-16)17(19)20/h3-7H,8H2,1-2H3,(H,15,18). The number of aromatic nitrogens is 2. The molecule has 0 fully saturated rings. The molecule has 0 saturated heterocycles. The van der Waals surface area contributed by atoms with Gasteiger partial charge < -0.3 is 5.32 Å². The summed E-state index contributed by atoms with van der Waals surface area (Å²) in [5.41, 5.74) is 2.55. The highest BCUT2D eigenvalue weighted by molar-refractivity contribution is 5.92. The van der Waals surface area contributed by atoms with Crippen LogP contribution in [-0.2, 0) is 11.3 Å². The zero-order valence-corrected chi connectivity index (χ0v) is 11.2. The van der Waals surface area contributed by atoms with Crippen molar-refractivity contribution in [1.29, 1.82) is 0 Å². The Morgan fingerprint density at radius 1 is 1.40 bits per heavy atom. The second kappa shape index (κ2) is 5.52. The van der Waals surface area contributed by atoms with Gasteiger partial charge in [0.15, 0.2) is 0 Å². The zero-order valence-electron chi connectivity index (χ0n) is 11.2. The first-order valence-electron chi connectivity index (χ1n) is 6.00. The lowest BCUT2D eigenvalue weighted by atomic mass is 10.1. The molecule has 2 aromatic rings. The van der Waals surface area contributed by atoms with E-state index in [9.17, 15) is 14.9 Å². The Bertz CT molecular complexity index is 643. The van der Waals surface area contributed by atoms with Crippen molar-refractivity contribution in [1.82, 2.24) is 9.78 Å². The summed E-state index contributed by atoms with van der Waals surface area (Å²) in [5.74, 6) is -0.277. The molecule has 0 spiro atoms. The summed E-state index contributed by atoms with van der Waals surface area (Å²) in [6.45, 7) is 3.74. The minimum Gasteiger partial charge on any atom is -0.324 e. The minimum absolute atomic E-state index is 0.0678. The van der Waals surface area contributed by atoms with E-state index in [1.54, 1.807) is 0 Å². The summed E-state index contributed by atoms with van der Waals surface area (Å²) >= 11 is 0. The summed E-state index contributed by atoms with van der Waals surface area (Å²) in [5, 5.41) is 17.1. The van der Waals surface area contributed by atoms with Crippen molar-refractivity contribution in [2.24, 2.45) is 0 Å². The third-order valence-corrected chi connectivity index (χ3v) is 2.88. The Balaban J connectivity index is 2.07. The van der Waals surface area contributed by atoms with Crippen molar-refractivity contribution in [3.8, 4) is 0 Å². The smallest absolute Gasteiger partial charge is 0.307 e. The Hall–Kier alpha value is -2.70. The number of nitrogens with zero attached hydrogens (tertiary/aromatic N) is 3. The van der Waals surface area contributed by atoms with Gasteiger partial charge in [-0.2, -0.15) is 5.10 Å². The topological polar surface area (TPSA) is 90.1 Å². The van der Waals surface area contributed by atoms with E-state index in [0.717, 1.165) is 23.0 Å². The fourth-order valence-electron chi connectivity index (χ4n) is 1.87. The van der Waals surface area contributed by atoms with Crippen molar-refractivity contribution in [3.05, 3.63) is 51.8 Å². The molecule has 0 saturated carbocycles. The molecule has 104 valence electrons. The third-order valence-electron chi connectivity index (χ3n) is 2.88. The second-order valence-electron chi connectivity index (χ2n) is 4.47. The predicted molar refractivity (Wildman–Crippen MR) is 73.4 cm³/mol. The quantitative estimate of drug-likeness (QED) is 0.682. The van der Waals surface area contributed by atoms with Crippen LogP contribution in [0.1, 0.15) is 11.1 Å². The van der Waals surface area contributed by atoms with Crippen LogP contribution in [0, 0.1) is 24.0 Å². The maximum atomic E-state index is 11.9. The lowest BCUT2D eigenvalue weighted by Crippen LogP contribution is -2.20. The SMILES string of the molecule is Cc1cccc(C)c1NC(=O)Cn1cc([N+](=O)[O-])cn1. The van der Waals surface area contributed by atoms with Gasteiger partial charge in [-0.15, -0.1) is 0 Å². The maximum absolute atomic E-state index is 11.9. The summed E-state index contributed by atoms with van der Waals surface area (Å²) in [6.07, 6.45) is 2.34. The highest BCUT2D eigenvalue weighted by Gasteiger charge is 2.12. The van der Waals surface area contributed by atoms with E-state index in [1.165, 1.54) is 10.9 Å².